The second kappa shape index (κ2) is 5.01. The van der Waals surface area contributed by atoms with Gasteiger partial charge in [-0.2, -0.15) is 0 Å². The Morgan fingerprint density at radius 1 is 1.53 bits per heavy atom. The summed E-state index contributed by atoms with van der Waals surface area (Å²) in [5.74, 6) is -1.91. The first kappa shape index (κ1) is 13.9. The standard InChI is InChI=1S/C9H16N2O5S/c1-6(10)9(14)11(4-8(12)13)7-2-3-17(15,16)5-7/h6-7H,2-5,10H2,1H3,(H,12,13)/t6-,7?/m1/s1. The molecular formula is C9H16N2O5S. The highest BCUT2D eigenvalue weighted by atomic mass is 32.2. The predicted molar refractivity (Wildman–Crippen MR) is 60.1 cm³/mol. The van der Waals surface area contributed by atoms with Crippen molar-refractivity contribution in [2.24, 2.45) is 5.73 Å². The van der Waals surface area contributed by atoms with Crippen LogP contribution in [0.3, 0.4) is 0 Å². The van der Waals surface area contributed by atoms with Crippen LogP contribution >= 0.6 is 0 Å². The number of carbonyl (C=O) groups excluding carboxylic acids is 1. The molecule has 17 heavy (non-hydrogen) atoms. The number of aliphatic carboxylic acids is 1. The molecule has 1 saturated heterocycles. The summed E-state index contributed by atoms with van der Waals surface area (Å²) in [4.78, 5) is 23.4. The second-order valence-corrected chi connectivity index (χ2v) is 6.43. The van der Waals surface area contributed by atoms with E-state index in [9.17, 15) is 18.0 Å². The number of hydrogen-bond donors (Lipinski definition) is 2. The van der Waals surface area contributed by atoms with Gasteiger partial charge in [0.1, 0.15) is 6.54 Å². The molecular weight excluding hydrogens is 248 g/mol. The molecule has 7 nitrogen and oxygen atoms in total. The van der Waals surface area contributed by atoms with Gasteiger partial charge in [0.15, 0.2) is 9.84 Å². The molecule has 0 aromatic carbocycles. The molecule has 0 saturated carbocycles. The minimum atomic E-state index is -3.16. The van der Waals surface area contributed by atoms with Gasteiger partial charge in [0.25, 0.3) is 0 Å². The van der Waals surface area contributed by atoms with Gasteiger partial charge in [0, 0.05) is 6.04 Å². The van der Waals surface area contributed by atoms with E-state index in [2.05, 4.69) is 0 Å². The molecule has 1 aliphatic rings. The highest BCUT2D eigenvalue weighted by Crippen LogP contribution is 2.18. The number of hydrogen-bond acceptors (Lipinski definition) is 5. The fourth-order valence-corrected chi connectivity index (χ4v) is 3.55. The lowest BCUT2D eigenvalue weighted by Crippen LogP contribution is -2.50. The molecule has 1 rings (SSSR count). The highest BCUT2D eigenvalue weighted by Gasteiger charge is 2.36. The van der Waals surface area contributed by atoms with E-state index in [1.54, 1.807) is 0 Å². The van der Waals surface area contributed by atoms with Gasteiger partial charge in [0.05, 0.1) is 17.5 Å². The van der Waals surface area contributed by atoms with Crippen LogP contribution in [0.1, 0.15) is 13.3 Å². The molecule has 1 amide bonds. The average molecular weight is 264 g/mol. The molecule has 1 fully saturated rings. The van der Waals surface area contributed by atoms with Crippen molar-refractivity contribution < 1.29 is 23.1 Å². The topological polar surface area (TPSA) is 118 Å². The smallest absolute Gasteiger partial charge is 0.323 e. The lowest BCUT2D eigenvalue weighted by Gasteiger charge is -2.27. The van der Waals surface area contributed by atoms with Crippen molar-refractivity contribution in [1.29, 1.82) is 0 Å². The number of nitrogens with two attached hydrogens (primary N) is 1. The van der Waals surface area contributed by atoms with Gasteiger partial charge in [-0.05, 0) is 13.3 Å². The number of carbonyl (C=O) groups is 2. The lowest BCUT2D eigenvalue weighted by molar-refractivity contribution is -0.146. The summed E-state index contributed by atoms with van der Waals surface area (Å²) in [6.07, 6.45) is 0.272. The van der Waals surface area contributed by atoms with Gasteiger partial charge < -0.3 is 15.7 Å². The van der Waals surface area contributed by atoms with Crippen LogP contribution in [-0.4, -0.2) is 60.4 Å². The molecule has 2 atom stereocenters. The van der Waals surface area contributed by atoms with Crippen molar-refractivity contribution in [3.05, 3.63) is 0 Å². The first-order valence-electron chi connectivity index (χ1n) is 5.21. The summed E-state index contributed by atoms with van der Waals surface area (Å²) in [5, 5.41) is 8.72. The first-order valence-corrected chi connectivity index (χ1v) is 7.03. The third-order valence-corrected chi connectivity index (χ3v) is 4.38. The van der Waals surface area contributed by atoms with Crippen molar-refractivity contribution in [2.75, 3.05) is 18.1 Å². The monoisotopic (exact) mass is 264 g/mol. The zero-order valence-electron chi connectivity index (χ0n) is 9.50. The Labute approximate surface area is 99.5 Å². The number of sulfone groups is 1. The van der Waals surface area contributed by atoms with E-state index >= 15 is 0 Å². The van der Waals surface area contributed by atoms with Crippen molar-refractivity contribution in [2.45, 2.75) is 25.4 Å². The quantitative estimate of drug-likeness (QED) is 0.633. The number of amides is 1. The first-order chi connectivity index (χ1) is 7.73. The molecule has 1 aliphatic heterocycles. The largest absolute Gasteiger partial charge is 0.480 e. The maximum atomic E-state index is 11.7. The second-order valence-electron chi connectivity index (χ2n) is 4.21. The molecule has 8 heteroatoms. The van der Waals surface area contributed by atoms with Crippen molar-refractivity contribution in [3.63, 3.8) is 0 Å². The average Bonchev–Trinajstić information content (AvgIpc) is 2.53. The molecule has 0 aliphatic carbocycles. The van der Waals surface area contributed by atoms with E-state index in [0.29, 0.717) is 0 Å². The molecule has 1 heterocycles. The van der Waals surface area contributed by atoms with Crippen LogP contribution in [0.5, 0.6) is 0 Å². The van der Waals surface area contributed by atoms with Crippen LogP contribution in [0.15, 0.2) is 0 Å². The van der Waals surface area contributed by atoms with E-state index in [1.165, 1.54) is 6.92 Å². The number of nitrogens with zero attached hydrogens (tertiary/aromatic N) is 1. The van der Waals surface area contributed by atoms with Crippen LogP contribution in [0, 0.1) is 0 Å². The van der Waals surface area contributed by atoms with Gasteiger partial charge in [-0.15, -0.1) is 0 Å². The Kier molecular flexibility index (Phi) is 4.10. The van der Waals surface area contributed by atoms with Crippen LogP contribution in [0.4, 0.5) is 0 Å². The highest BCUT2D eigenvalue weighted by molar-refractivity contribution is 7.91. The molecule has 0 aromatic heterocycles. The van der Waals surface area contributed by atoms with Gasteiger partial charge in [-0.1, -0.05) is 0 Å². The number of carboxylic acid groups (broad SMARTS) is 1. The molecule has 98 valence electrons. The van der Waals surface area contributed by atoms with E-state index in [1.807, 2.05) is 0 Å². The van der Waals surface area contributed by atoms with Gasteiger partial charge in [-0.25, -0.2) is 8.42 Å². The predicted octanol–water partition coefficient (Wildman–Crippen LogP) is -1.57. The van der Waals surface area contributed by atoms with Crippen molar-refractivity contribution >= 4 is 21.7 Å². The Hall–Kier alpha value is -1.15. The third kappa shape index (κ3) is 3.67. The zero-order valence-corrected chi connectivity index (χ0v) is 10.3. The zero-order chi connectivity index (χ0) is 13.2. The minimum Gasteiger partial charge on any atom is -0.480 e. The Morgan fingerprint density at radius 3 is 2.47 bits per heavy atom. The van der Waals surface area contributed by atoms with E-state index in [-0.39, 0.29) is 17.9 Å². The fourth-order valence-electron chi connectivity index (χ4n) is 1.82. The van der Waals surface area contributed by atoms with E-state index in [0.717, 1.165) is 4.90 Å². The summed E-state index contributed by atoms with van der Waals surface area (Å²) in [6.45, 7) is 0.932. The SMILES string of the molecule is C[C@@H](N)C(=O)N(CC(=O)O)C1CCS(=O)(=O)C1. The molecule has 0 bridgehead atoms. The van der Waals surface area contributed by atoms with E-state index < -0.39 is 40.3 Å². The summed E-state index contributed by atoms with van der Waals surface area (Å²) < 4.78 is 22.6. The fraction of sp³-hybridized carbons (Fsp3) is 0.778. The van der Waals surface area contributed by atoms with Crippen LogP contribution in [0.25, 0.3) is 0 Å². The summed E-state index contributed by atoms with van der Waals surface area (Å²) in [7, 11) is -3.16. The van der Waals surface area contributed by atoms with Crippen LogP contribution in [0.2, 0.25) is 0 Å². The normalized spacial score (nSPS) is 24.2. The maximum Gasteiger partial charge on any atom is 0.323 e. The summed E-state index contributed by atoms with van der Waals surface area (Å²) in [6, 6.07) is -1.41. The minimum absolute atomic E-state index is 0.0139. The third-order valence-electron chi connectivity index (χ3n) is 2.63. The summed E-state index contributed by atoms with van der Waals surface area (Å²) in [5.41, 5.74) is 5.41. The summed E-state index contributed by atoms with van der Waals surface area (Å²) >= 11 is 0. The molecule has 0 radical (unpaired) electrons. The van der Waals surface area contributed by atoms with Gasteiger partial charge in [-0.3, -0.25) is 9.59 Å². The van der Waals surface area contributed by atoms with Gasteiger partial charge >= 0.3 is 5.97 Å². The lowest BCUT2D eigenvalue weighted by atomic mass is 10.2. The Balaban J connectivity index is 2.84. The van der Waals surface area contributed by atoms with E-state index in [4.69, 9.17) is 10.8 Å². The molecule has 3 N–H and O–H groups in total. The Morgan fingerprint density at radius 2 is 2.12 bits per heavy atom. The van der Waals surface area contributed by atoms with Crippen molar-refractivity contribution in [3.8, 4) is 0 Å². The van der Waals surface area contributed by atoms with Crippen LogP contribution in [-0.2, 0) is 19.4 Å². The molecule has 0 aromatic rings. The molecule has 0 spiro atoms. The van der Waals surface area contributed by atoms with Gasteiger partial charge in [0.2, 0.25) is 5.91 Å². The number of carboxylic acids is 1. The van der Waals surface area contributed by atoms with Crippen molar-refractivity contribution in [1.82, 2.24) is 4.90 Å². The number of rotatable bonds is 4. The maximum absolute atomic E-state index is 11.7. The Bertz CT molecular complexity index is 417. The van der Waals surface area contributed by atoms with Crippen LogP contribution < -0.4 is 5.73 Å². The molecule has 1 unspecified atom stereocenters.